The van der Waals surface area contributed by atoms with Crippen molar-refractivity contribution < 1.29 is 17.4 Å². The smallest absolute Gasteiger partial charge is 0.282 e. The Morgan fingerprint density at radius 3 is 2.29 bits per heavy atom. The summed E-state index contributed by atoms with van der Waals surface area (Å²) in [7, 11) is -4.19. The van der Waals surface area contributed by atoms with Crippen molar-refractivity contribution in [3.8, 4) is 0 Å². The zero-order chi connectivity index (χ0) is 12.5. The first-order chi connectivity index (χ1) is 7.98. The summed E-state index contributed by atoms with van der Waals surface area (Å²) in [5, 5.41) is 0. The Labute approximate surface area is 100 Å². The van der Waals surface area contributed by atoms with Crippen molar-refractivity contribution in [1.29, 1.82) is 0 Å². The van der Waals surface area contributed by atoms with Crippen LogP contribution in [0, 0.1) is 0 Å². The average Bonchev–Trinajstić information content (AvgIpc) is 2.29. The van der Waals surface area contributed by atoms with E-state index in [0.29, 0.717) is 31.2 Å². The third-order valence-corrected chi connectivity index (χ3v) is 4.22. The zero-order valence-electron chi connectivity index (χ0n) is 9.34. The summed E-state index contributed by atoms with van der Waals surface area (Å²) in [4.78, 5) is -0.0395. The standard InChI is InChI=1S/C12H15FO3S/c13-10-7-5-9(6-8-10)11-3-1-2-4-12(11)17(14,15)16/h1-4,9-10H,5-8H2,(H,14,15,16). The molecule has 0 spiro atoms. The number of benzene rings is 1. The lowest BCUT2D eigenvalue weighted by molar-refractivity contribution is 0.234. The molecule has 1 saturated carbocycles. The Morgan fingerprint density at radius 2 is 1.71 bits per heavy atom. The van der Waals surface area contributed by atoms with Crippen molar-refractivity contribution in [3.63, 3.8) is 0 Å². The van der Waals surface area contributed by atoms with Gasteiger partial charge in [-0.2, -0.15) is 8.42 Å². The normalized spacial score (nSPS) is 25.8. The summed E-state index contributed by atoms with van der Waals surface area (Å²) in [6, 6.07) is 6.41. The van der Waals surface area contributed by atoms with E-state index >= 15 is 0 Å². The van der Waals surface area contributed by atoms with Gasteiger partial charge in [0.1, 0.15) is 6.17 Å². The fourth-order valence-corrected chi connectivity index (χ4v) is 3.20. The minimum Gasteiger partial charge on any atom is -0.282 e. The lowest BCUT2D eigenvalue weighted by Crippen LogP contribution is -2.16. The van der Waals surface area contributed by atoms with E-state index in [1.54, 1.807) is 18.2 Å². The number of hydrogen-bond acceptors (Lipinski definition) is 2. The van der Waals surface area contributed by atoms with Crippen LogP contribution in [0.25, 0.3) is 0 Å². The first kappa shape index (κ1) is 12.5. The summed E-state index contributed by atoms with van der Waals surface area (Å²) in [5.74, 6) is 0.0279. The summed E-state index contributed by atoms with van der Waals surface area (Å²) in [6.07, 6.45) is 1.42. The van der Waals surface area contributed by atoms with E-state index in [-0.39, 0.29) is 10.8 Å². The Bertz CT molecular complexity index is 490. The van der Waals surface area contributed by atoms with Gasteiger partial charge in [-0.1, -0.05) is 18.2 Å². The van der Waals surface area contributed by atoms with Crippen LogP contribution < -0.4 is 0 Å². The molecule has 1 aliphatic carbocycles. The molecule has 0 saturated heterocycles. The topological polar surface area (TPSA) is 54.4 Å². The van der Waals surface area contributed by atoms with Crippen molar-refractivity contribution in [2.45, 2.75) is 42.7 Å². The van der Waals surface area contributed by atoms with Crippen molar-refractivity contribution in [3.05, 3.63) is 29.8 Å². The predicted octanol–water partition coefficient (Wildman–Crippen LogP) is 2.93. The molecule has 5 heteroatoms. The molecule has 0 amide bonds. The Hall–Kier alpha value is -0.940. The molecule has 0 heterocycles. The molecule has 17 heavy (non-hydrogen) atoms. The van der Waals surface area contributed by atoms with E-state index in [0.717, 1.165) is 0 Å². The molecular formula is C12H15FO3S. The van der Waals surface area contributed by atoms with E-state index in [1.807, 2.05) is 0 Å². The Kier molecular flexibility index (Phi) is 3.49. The van der Waals surface area contributed by atoms with Gasteiger partial charge in [-0.05, 0) is 43.2 Å². The monoisotopic (exact) mass is 258 g/mol. The highest BCUT2D eigenvalue weighted by molar-refractivity contribution is 7.85. The fourth-order valence-electron chi connectivity index (χ4n) is 2.42. The highest BCUT2D eigenvalue weighted by Gasteiger charge is 2.26. The van der Waals surface area contributed by atoms with Gasteiger partial charge in [0, 0.05) is 0 Å². The molecule has 0 aromatic heterocycles. The molecule has 1 N–H and O–H groups in total. The zero-order valence-corrected chi connectivity index (χ0v) is 10.2. The van der Waals surface area contributed by atoms with Gasteiger partial charge in [0.05, 0.1) is 4.90 Å². The maximum atomic E-state index is 13.0. The maximum absolute atomic E-state index is 13.0. The first-order valence-corrected chi connectivity index (χ1v) is 7.13. The minimum absolute atomic E-state index is 0.0279. The average molecular weight is 258 g/mol. The Balaban J connectivity index is 2.33. The molecular weight excluding hydrogens is 243 g/mol. The lowest BCUT2D eigenvalue weighted by Gasteiger charge is -2.25. The molecule has 2 rings (SSSR count). The molecule has 1 fully saturated rings. The molecule has 0 aliphatic heterocycles. The van der Waals surface area contributed by atoms with Crippen LogP contribution in [0.3, 0.4) is 0 Å². The maximum Gasteiger partial charge on any atom is 0.294 e. The van der Waals surface area contributed by atoms with Crippen molar-refractivity contribution in [2.75, 3.05) is 0 Å². The van der Waals surface area contributed by atoms with Crippen LogP contribution >= 0.6 is 0 Å². The van der Waals surface area contributed by atoms with E-state index in [1.165, 1.54) is 6.07 Å². The molecule has 0 atom stereocenters. The minimum atomic E-state index is -4.19. The number of rotatable bonds is 2. The van der Waals surface area contributed by atoms with Crippen LogP contribution in [0.2, 0.25) is 0 Å². The van der Waals surface area contributed by atoms with Gasteiger partial charge in [-0.25, -0.2) is 4.39 Å². The summed E-state index contributed by atoms with van der Waals surface area (Å²) in [5.41, 5.74) is 0.613. The van der Waals surface area contributed by atoms with Crippen LogP contribution in [-0.4, -0.2) is 19.1 Å². The van der Waals surface area contributed by atoms with E-state index < -0.39 is 16.3 Å². The molecule has 1 aromatic rings. The van der Waals surface area contributed by atoms with Gasteiger partial charge in [-0.15, -0.1) is 0 Å². The highest BCUT2D eigenvalue weighted by atomic mass is 32.2. The van der Waals surface area contributed by atoms with Crippen LogP contribution in [0.4, 0.5) is 4.39 Å². The van der Waals surface area contributed by atoms with Crippen molar-refractivity contribution >= 4 is 10.1 Å². The molecule has 1 aliphatic rings. The summed E-state index contributed by atoms with van der Waals surface area (Å²) < 4.78 is 44.7. The van der Waals surface area contributed by atoms with Crippen LogP contribution in [-0.2, 0) is 10.1 Å². The summed E-state index contributed by atoms with van der Waals surface area (Å²) >= 11 is 0. The van der Waals surface area contributed by atoms with Gasteiger partial charge < -0.3 is 0 Å². The SMILES string of the molecule is O=S(=O)(O)c1ccccc1C1CCC(F)CC1. The number of halogens is 1. The molecule has 3 nitrogen and oxygen atoms in total. The predicted molar refractivity (Wildman–Crippen MR) is 62.4 cm³/mol. The summed E-state index contributed by atoms with van der Waals surface area (Å²) in [6.45, 7) is 0. The highest BCUT2D eigenvalue weighted by Crippen LogP contribution is 2.36. The lowest BCUT2D eigenvalue weighted by atomic mass is 9.83. The first-order valence-electron chi connectivity index (χ1n) is 5.69. The second-order valence-electron chi connectivity index (χ2n) is 4.46. The number of hydrogen-bond donors (Lipinski definition) is 1. The second-order valence-corrected chi connectivity index (χ2v) is 5.85. The molecule has 0 unspecified atom stereocenters. The van der Waals surface area contributed by atoms with E-state index in [4.69, 9.17) is 4.55 Å². The van der Waals surface area contributed by atoms with E-state index in [9.17, 15) is 12.8 Å². The van der Waals surface area contributed by atoms with Gasteiger partial charge in [0.15, 0.2) is 0 Å². The van der Waals surface area contributed by atoms with Crippen LogP contribution in [0.5, 0.6) is 0 Å². The van der Waals surface area contributed by atoms with Gasteiger partial charge in [0.2, 0.25) is 0 Å². The van der Waals surface area contributed by atoms with Gasteiger partial charge >= 0.3 is 0 Å². The largest absolute Gasteiger partial charge is 0.294 e. The molecule has 1 aromatic carbocycles. The van der Waals surface area contributed by atoms with Crippen LogP contribution in [0.15, 0.2) is 29.2 Å². The van der Waals surface area contributed by atoms with Crippen LogP contribution in [0.1, 0.15) is 37.2 Å². The van der Waals surface area contributed by atoms with Gasteiger partial charge in [0.25, 0.3) is 10.1 Å². The second kappa shape index (κ2) is 4.74. The third kappa shape index (κ3) is 2.84. The van der Waals surface area contributed by atoms with Gasteiger partial charge in [-0.3, -0.25) is 4.55 Å². The molecule has 0 bridgehead atoms. The van der Waals surface area contributed by atoms with Crippen molar-refractivity contribution in [1.82, 2.24) is 0 Å². The van der Waals surface area contributed by atoms with Crippen molar-refractivity contribution in [2.24, 2.45) is 0 Å². The number of alkyl halides is 1. The molecule has 0 radical (unpaired) electrons. The Morgan fingerprint density at radius 1 is 1.12 bits per heavy atom. The third-order valence-electron chi connectivity index (χ3n) is 3.29. The van der Waals surface area contributed by atoms with E-state index in [2.05, 4.69) is 0 Å². The molecule has 94 valence electrons. The fraction of sp³-hybridized carbons (Fsp3) is 0.500. The quantitative estimate of drug-likeness (QED) is 0.830.